The molecular weight excluding hydrogens is 425 g/mol. The van der Waals surface area contributed by atoms with E-state index >= 15 is 0 Å². The lowest BCUT2D eigenvalue weighted by atomic mass is 10.1. The van der Waals surface area contributed by atoms with E-state index in [1.54, 1.807) is 6.07 Å². The molecule has 3 N–H and O–H groups in total. The zero-order chi connectivity index (χ0) is 22.1. The van der Waals surface area contributed by atoms with Crippen LogP contribution < -0.4 is 20.1 Å². The summed E-state index contributed by atoms with van der Waals surface area (Å²) in [5, 5.41) is 6.22. The van der Waals surface area contributed by atoms with Crippen LogP contribution in [0, 0.1) is 0 Å². The number of H-pyrrole nitrogens is 1. The molecule has 8 nitrogen and oxygen atoms in total. The van der Waals surface area contributed by atoms with Crippen LogP contribution in [-0.4, -0.2) is 26.7 Å². The molecule has 1 aliphatic heterocycles. The molecule has 32 heavy (non-hydrogen) atoms. The maximum atomic E-state index is 13.0. The maximum Gasteiger partial charge on any atom is 0.416 e. The number of halogens is 3. The Morgan fingerprint density at radius 3 is 2.62 bits per heavy atom. The number of aromatic amines is 1. The second-order valence-electron chi connectivity index (χ2n) is 7.09. The van der Waals surface area contributed by atoms with Crippen molar-refractivity contribution in [3.05, 3.63) is 65.5 Å². The number of aromatic nitrogens is 4. The van der Waals surface area contributed by atoms with E-state index in [0.29, 0.717) is 46.5 Å². The van der Waals surface area contributed by atoms with Gasteiger partial charge in [-0.3, -0.25) is 0 Å². The molecule has 5 rings (SSSR count). The number of imidazole rings is 1. The topological polar surface area (TPSA) is 97.0 Å². The average molecular weight is 442 g/mol. The molecule has 3 heterocycles. The Bertz CT molecular complexity index is 1270. The number of nitrogens with zero attached hydrogens (tertiary/aromatic N) is 3. The molecule has 0 spiro atoms. The minimum absolute atomic E-state index is 0.149. The van der Waals surface area contributed by atoms with Crippen LogP contribution in [0.1, 0.15) is 16.7 Å². The highest BCUT2D eigenvalue weighted by Crippen LogP contribution is 2.33. The summed E-state index contributed by atoms with van der Waals surface area (Å²) in [6, 6.07) is 10.8. The Labute approximate surface area is 179 Å². The molecule has 11 heteroatoms. The Morgan fingerprint density at radius 1 is 0.938 bits per heavy atom. The van der Waals surface area contributed by atoms with E-state index in [0.717, 1.165) is 17.7 Å². The van der Waals surface area contributed by atoms with Crippen molar-refractivity contribution in [2.24, 2.45) is 0 Å². The van der Waals surface area contributed by atoms with Crippen molar-refractivity contribution in [1.82, 2.24) is 19.9 Å². The molecule has 1 aliphatic rings. The third kappa shape index (κ3) is 4.09. The summed E-state index contributed by atoms with van der Waals surface area (Å²) in [5.74, 6) is 2.13. The van der Waals surface area contributed by atoms with Gasteiger partial charge in [0.25, 0.3) is 0 Å². The summed E-state index contributed by atoms with van der Waals surface area (Å²) < 4.78 is 49.6. The fraction of sp³-hybridized carbons (Fsp3) is 0.190. The number of nitrogens with one attached hydrogen (secondary N) is 3. The molecule has 0 aliphatic carbocycles. The van der Waals surface area contributed by atoms with Crippen molar-refractivity contribution in [1.29, 1.82) is 0 Å². The first-order valence-corrected chi connectivity index (χ1v) is 9.69. The predicted octanol–water partition coefficient (Wildman–Crippen LogP) is 4.32. The molecule has 0 bridgehead atoms. The van der Waals surface area contributed by atoms with Gasteiger partial charge in [0.05, 0.1) is 11.9 Å². The van der Waals surface area contributed by atoms with E-state index in [1.807, 2.05) is 18.2 Å². The van der Waals surface area contributed by atoms with Gasteiger partial charge in [0.2, 0.25) is 12.7 Å². The monoisotopic (exact) mass is 442 g/mol. The van der Waals surface area contributed by atoms with Crippen molar-refractivity contribution in [2.75, 3.05) is 17.4 Å². The standard InChI is InChI=1S/C21H17F3N6O2/c22-21(23,24)14-3-1-2-12(6-14)8-25-18-17-19(28-10-27-17)30-20(29-18)26-9-13-4-5-15-16(7-13)32-11-31-15/h1-7,10H,8-9,11H2,(H3,25,26,27,28,29,30). The fourth-order valence-electron chi connectivity index (χ4n) is 3.32. The summed E-state index contributed by atoms with van der Waals surface area (Å²) in [4.78, 5) is 16.0. The van der Waals surface area contributed by atoms with Gasteiger partial charge in [0, 0.05) is 13.1 Å². The predicted molar refractivity (Wildman–Crippen MR) is 110 cm³/mol. The van der Waals surface area contributed by atoms with E-state index in [1.165, 1.54) is 12.4 Å². The highest BCUT2D eigenvalue weighted by molar-refractivity contribution is 5.83. The van der Waals surface area contributed by atoms with Gasteiger partial charge in [0.1, 0.15) is 5.52 Å². The van der Waals surface area contributed by atoms with Crippen molar-refractivity contribution in [3.8, 4) is 11.5 Å². The number of anilines is 2. The molecule has 4 aromatic rings. The third-order valence-electron chi connectivity index (χ3n) is 4.89. The first kappa shape index (κ1) is 19.9. The van der Waals surface area contributed by atoms with E-state index in [9.17, 15) is 13.2 Å². The highest BCUT2D eigenvalue weighted by Gasteiger charge is 2.30. The Hall–Kier alpha value is -4.02. The van der Waals surface area contributed by atoms with Gasteiger partial charge in [-0.2, -0.15) is 23.1 Å². The second-order valence-corrected chi connectivity index (χ2v) is 7.09. The van der Waals surface area contributed by atoms with Crippen molar-refractivity contribution in [3.63, 3.8) is 0 Å². The van der Waals surface area contributed by atoms with Crippen LogP contribution in [-0.2, 0) is 19.3 Å². The van der Waals surface area contributed by atoms with Gasteiger partial charge in [0.15, 0.2) is 23.0 Å². The number of hydrogen-bond acceptors (Lipinski definition) is 7. The molecule has 0 atom stereocenters. The summed E-state index contributed by atoms with van der Waals surface area (Å²) in [7, 11) is 0. The first-order chi connectivity index (χ1) is 15.5. The molecule has 0 amide bonds. The van der Waals surface area contributed by atoms with Crippen LogP contribution in [0.15, 0.2) is 48.8 Å². The molecule has 0 radical (unpaired) electrons. The summed E-state index contributed by atoms with van der Waals surface area (Å²) >= 11 is 0. The SMILES string of the molecule is FC(F)(F)c1cccc(CNc2nc(NCc3ccc4c(c3)OCO4)nc3nc[nH]c23)c1. The quantitative estimate of drug-likeness (QED) is 0.409. The Kier molecular flexibility index (Phi) is 4.92. The fourth-order valence-corrected chi connectivity index (χ4v) is 3.32. The second kappa shape index (κ2) is 7.91. The maximum absolute atomic E-state index is 13.0. The van der Waals surface area contributed by atoms with Crippen molar-refractivity contribution >= 4 is 22.9 Å². The Balaban J connectivity index is 1.33. The molecule has 0 saturated heterocycles. The third-order valence-corrected chi connectivity index (χ3v) is 4.89. The van der Waals surface area contributed by atoms with Gasteiger partial charge >= 0.3 is 6.18 Å². The number of fused-ring (bicyclic) bond motifs is 2. The van der Waals surface area contributed by atoms with E-state index in [-0.39, 0.29) is 13.3 Å². The smallest absolute Gasteiger partial charge is 0.416 e. The lowest BCUT2D eigenvalue weighted by Crippen LogP contribution is -2.09. The zero-order valence-corrected chi connectivity index (χ0v) is 16.5. The van der Waals surface area contributed by atoms with Gasteiger partial charge in [-0.15, -0.1) is 0 Å². The number of benzene rings is 2. The molecule has 164 valence electrons. The largest absolute Gasteiger partial charge is 0.454 e. The lowest BCUT2D eigenvalue weighted by molar-refractivity contribution is -0.137. The first-order valence-electron chi connectivity index (χ1n) is 9.69. The highest BCUT2D eigenvalue weighted by atomic mass is 19.4. The molecule has 0 fully saturated rings. The summed E-state index contributed by atoms with van der Waals surface area (Å²) in [6.45, 7) is 0.780. The molecular formula is C21H17F3N6O2. The van der Waals surface area contributed by atoms with Crippen LogP contribution in [0.25, 0.3) is 11.2 Å². The summed E-state index contributed by atoms with van der Waals surface area (Å²) in [5.41, 5.74) is 1.71. The Morgan fingerprint density at radius 2 is 1.75 bits per heavy atom. The number of alkyl halides is 3. The summed E-state index contributed by atoms with van der Waals surface area (Å²) in [6.07, 6.45) is -2.91. The van der Waals surface area contributed by atoms with Gasteiger partial charge in [-0.25, -0.2) is 4.98 Å². The number of hydrogen-bond donors (Lipinski definition) is 3. The van der Waals surface area contributed by atoms with Gasteiger partial charge < -0.3 is 25.1 Å². The zero-order valence-electron chi connectivity index (χ0n) is 16.5. The molecule has 0 saturated carbocycles. The van der Waals surface area contributed by atoms with E-state index in [4.69, 9.17) is 9.47 Å². The number of rotatable bonds is 6. The van der Waals surface area contributed by atoms with Crippen LogP contribution in [0.4, 0.5) is 24.9 Å². The lowest BCUT2D eigenvalue weighted by Gasteiger charge is -2.12. The van der Waals surface area contributed by atoms with Crippen LogP contribution >= 0.6 is 0 Å². The van der Waals surface area contributed by atoms with Crippen molar-refractivity contribution < 1.29 is 22.6 Å². The van der Waals surface area contributed by atoms with E-state index < -0.39 is 11.7 Å². The van der Waals surface area contributed by atoms with Crippen LogP contribution in [0.2, 0.25) is 0 Å². The molecule has 0 unspecified atom stereocenters. The van der Waals surface area contributed by atoms with Crippen molar-refractivity contribution in [2.45, 2.75) is 19.3 Å². The van der Waals surface area contributed by atoms with Gasteiger partial charge in [-0.05, 0) is 35.4 Å². The van der Waals surface area contributed by atoms with Gasteiger partial charge in [-0.1, -0.05) is 18.2 Å². The minimum atomic E-state index is -4.40. The minimum Gasteiger partial charge on any atom is -0.454 e. The number of ether oxygens (including phenoxy) is 2. The van der Waals surface area contributed by atoms with Crippen LogP contribution in [0.3, 0.4) is 0 Å². The van der Waals surface area contributed by atoms with Crippen LogP contribution in [0.5, 0.6) is 11.5 Å². The normalized spacial score (nSPS) is 12.8. The molecule has 2 aromatic heterocycles. The average Bonchev–Trinajstić information content (AvgIpc) is 3.44. The molecule has 2 aromatic carbocycles. The van der Waals surface area contributed by atoms with E-state index in [2.05, 4.69) is 30.6 Å².